The number of hydrogen-bond donors (Lipinski definition) is 0. The van der Waals surface area contributed by atoms with Crippen LogP contribution in [0.5, 0.6) is 0 Å². The van der Waals surface area contributed by atoms with Gasteiger partial charge in [-0.2, -0.15) is 0 Å². The van der Waals surface area contributed by atoms with Crippen molar-refractivity contribution in [1.29, 1.82) is 0 Å². The molecule has 0 amide bonds. The largest absolute Gasteiger partial charge is 0.317 e. The minimum Gasteiger partial charge on any atom is -0.317 e. The monoisotopic (exact) mass is 326 g/mol. The molecule has 1 fully saturated rings. The van der Waals surface area contributed by atoms with E-state index in [1.807, 2.05) is 37.6 Å². The fourth-order valence-corrected chi connectivity index (χ4v) is 3.45. The number of rotatable bonds is 4. The number of ketones is 1. The van der Waals surface area contributed by atoms with Crippen LogP contribution in [0.4, 0.5) is 0 Å². The lowest BCUT2D eigenvalue weighted by molar-refractivity contribution is 0.0831. The molecular weight excluding hydrogens is 300 g/mol. The number of hydrogen-bond acceptors (Lipinski definition) is 4. The Bertz CT molecular complexity index is 742. The lowest BCUT2D eigenvalue weighted by Crippen LogP contribution is -2.36. The third-order valence-corrected chi connectivity index (χ3v) is 5.15. The van der Waals surface area contributed by atoms with E-state index in [1.54, 1.807) is 0 Å². The highest BCUT2D eigenvalue weighted by molar-refractivity contribution is 5.99. The smallest absolute Gasteiger partial charge is 0.166 e. The standard InChI is InChI=1S/C19H26N4O/c1-13-5-6-17(14(2)11-13)19(24)16-7-9-23(10-8-16)12-18-21-20-15(3)22(18)4/h5-6,11,16H,7-10,12H2,1-4H3. The molecule has 0 aliphatic carbocycles. The lowest BCUT2D eigenvalue weighted by Gasteiger charge is -2.31. The summed E-state index contributed by atoms with van der Waals surface area (Å²) < 4.78 is 2.03. The SMILES string of the molecule is Cc1ccc(C(=O)C2CCN(Cc3nnc(C)n3C)CC2)c(C)c1. The molecule has 1 aliphatic heterocycles. The molecule has 2 aromatic rings. The molecule has 0 bridgehead atoms. The van der Waals surface area contributed by atoms with Gasteiger partial charge < -0.3 is 4.57 Å². The van der Waals surface area contributed by atoms with Crippen molar-refractivity contribution >= 4 is 5.78 Å². The second-order valence-electron chi connectivity index (χ2n) is 6.96. The fraction of sp³-hybridized carbons (Fsp3) is 0.526. The number of Topliss-reactive ketones (excluding diaryl/α,β-unsaturated/α-hetero) is 1. The summed E-state index contributed by atoms with van der Waals surface area (Å²) in [5.74, 6) is 2.38. The van der Waals surface area contributed by atoms with Crippen LogP contribution >= 0.6 is 0 Å². The quantitative estimate of drug-likeness (QED) is 0.811. The highest BCUT2D eigenvalue weighted by Crippen LogP contribution is 2.24. The molecule has 1 aromatic heterocycles. The molecule has 0 spiro atoms. The van der Waals surface area contributed by atoms with Crippen molar-refractivity contribution in [3.8, 4) is 0 Å². The van der Waals surface area contributed by atoms with Crippen molar-refractivity contribution in [2.45, 2.75) is 40.2 Å². The van der Waals surface area contributed by atoms with E-state index in [0.717, 1.165) is 55.3 Å². The van der Waals surface area contributed by atoms with E-state index in [4.69, 9.17) is 0 Å². The Morgan fingerprint density at radius 1 is 1.17 bits per heavy atom. The highest BCUT2D eigenvalue weighted by atomic mass is 16.1. The summed E-state index contributed by atoms with van der Waals surface area (Å²) in [7, 11) is 2.00. The Kier molecular flexibility index (Phi) is 4.81. The van der Waals surface area contributed by atoms with Crippen molar-refractivity contribution in [1.82, 2.24) is 19.7 Å². The molecule has 0 N–H and O–H groups in total. The van der Waals surface area contributed by atoms with Gasteiger partial charge in [-0.05, 0) is 52.3 Å². The van der Waals surface area contributed by atoms with Crippen LogP contribution < -0.4 is 0 Å². The number of likely N-dealkylation sites (tertiary alicyclic amines) is 1. The maximum atomic E-state index is 12.8. The summed E-state index contributed by atoms with van der Waals surface area (Å²) in [5, 5.41) is 8.35. The van der Waals surface area contributed by atoms with Gasteiger partial charge >= 0.3 is 0 Å². The summed E-state index contributed by atoms with van der Waals surface area (Å²) in [6, 6.07) is 6.12. The highest BCUT2D eigenvalue weighted by Gasteiger charge is 2.27. The summed E-state index contributed by atoms with van der Waals surface area (Å²) in [6.07, 6.45) is 1.84. The molecule has 1 aliphatic rings. The number of carbonyl (C=O) groups excluding carboxylic acids is 1. The van der Waals surface area contributed by atoms with Crippen LogP contribution in [0.1, 0.15) is 46.0 Å². The first-order chi connectivity index (χ1) is 11.5. The van der Waals surface area contributed by atoms with Gasteiger partial charge in [0.25, 0.3) is 0 Å². The number of benzene rings is 1. The van der Waals surface area contributed by atoms with Gasteiger partial charge in [0, 0.05) is 18.5 Å². The molecule has 0 saturated carbocycles. The van der Waals surface area contributed by atoms with Gasteiger partial charge in [0.05, 0.1) is 6.54 Å². The van der Waals surface area contributed by atoms with Crippen LogP contribution in [-0.2, 0) is 13.6 Å². The Balaban J connectivity index is 1.60. The molecule has 0 atom stereocenters. The van der Waals surface area contributed by atoms with E-state index in [0.29, 0.717) is 5.78 Å². The minimum absolute atomic E-state index is 0.142. The number of carbonyl (C=O) groups is 1. The van der Waals surface area contributed by atoms with E-state index < -0.39 is 0 Å². The van der Waals surface area contributed by atoms with Crippen LogP contribution in [-0.4, -0.2) is 38.5 Å². The molecule has 24 heavy (non-hydrogen) atoms. The number of piperidine rings is 1. The first-order valence-electron chi connectivity index (χ1n) is 8.64. The zero-order chi connectivity index (χ0) is 17.3. The van der Waals surface area contributed by atoms with Gasteiger partial charge in [-0.1, -0.05) is 23.8 Å². The van der Waals surface area contributed by atoms with Gasteiger partial charge in [-0.3, -0.25) is 9.69 Å². The zero-order valence-electron chi connectivity index (χ0n) is 15.0. The molecule has 1 saturated heterocycles. The van der Waals surface area contributed by atoms with Crippen molar-refractivity contribution < 1.29 is 4.79 Å². The van der Waals surface area contributed by atoms with Gasteiger partial charge in [0.2, 0.25) is 0 Å². The fourth-order valence-electron chi connectivity index (χ4n) is 3.45. The zero-order valence-corrected chi connectivity index (χ0v) is 15.0. The van der Waals surface area contributed by atoms with E-state index >= 15 is 0 Å². The second-order valence-corrected chi connectivity index (χ2v) is 6.96. The summed E-state index contributed by atoms with van der Waals surface area (Å²) in [6.45, 7) is 8.74. The maximum Gasteiger partial charge on any atom is 0.166 e. The normalized spacial score (nSPS) is 16.5. The third-order valence-electron chi connectivity index (χ3n) is 5.15. The lowest BCUT2D eigenvalue weighted by atomic mass is 9.87. The Hall–Kier alpha value is -2.01. The van der Waals surface area contributed by atoms with Crippen molar-refractivity contribution in [2.75, 3.05) is 13.1 Å². The first-order valence-corrected chi connectivity index (χ1v) is 8.64. The third kappa shape index (κ3) is 3.41. The van der Waals surface area contributed by atoms with Crippen LogP contribution in [0, 0.1) is 26.7 Å². The summed E-state index contributed by atoms with van der Waals surface area (Å²) in [4.78, 5) is 15.2. The molecule has 2 heterocycles. The Labute approximate surface area is 143 Å². The number of aryl methyl sites for hydroxylation is 3. The van der Waals surface area contributed by atoms with Crippen LogP contribution in [0.2, 0.25) is 0 Å². The van der Waals surface area contributed by atoms with Crippen LogP contribution in [0.3, 0.4) is 0 Å². The molecule has 5 heteroatoms. The average molecular weight is 326 g/mol. The van der Waals surface area contributed by atoms with Crippen molar-refractivity contribution in [2.24, 2.45) is 13.0 Å². The maximum absolute atomic E-state index is 12.8. The Morgan fingerprint density at radius 2 is 1.88 bits per heavy atom. The van der Waals surface area contributed by atoms with Crippen molar-refractivity contribution in [3.63, 3.8) is 0 Å². The average Bonchev–Trinajstić information content (AvgIpc) is 2.87. The molecule has 0 radical (unpaired) electrons. The molecule has 0 unspecified atom stereocenters. The first kappa shape index (κ1) is 16.8. The van der Waals surface area contributed by atoms with E-state index in [1.165, 1.54) is 5.56 Å². The Morgan fingerprint density at radius 3 is 2.46 bits per heavy atom. The van der Waals surface area contributed by atoms with Crippen LogP contribution in [0.25, 0.3) is 0 Å². The van der Waals surface area contributed by atoms with Crippen LogP contribution in [0.15, 0.2) is 18.2 Å². The number of aromatic nitrogens is 3. The van der Waals surface area contributed by atoms with Gasteiger partial charge in [-0.15, -0.1) is 10.2 Å². The second kappa shape index (κ2) is 6.85. The van der Waals surface area contributed by atoms with E-state index in [-0.39, 0.29) is 5.92 Å². The van der Waals surface area contributed by atoms with Gasteiger partial charge in [-0.25, -0.2) is 0 Å². The predicted molar refractivity (Wildman–Crippen MR) is 94.0 cm³/mol. The van der Waals surface area contributed by atoms with Gasteiger partial charge in [0.1, 0.15) is 11.6 Å². The number of nitrogens with zero attached hydrogens (tertiary/aromatic N) is 4. The van der Waals surface area contributed by atoms with E-state index in [2.05, 4.69) is 28.1 Å². The summed E-state index contributed by atoms with van der Waals surface area (Å²) in [5.41, 5.74) is 3.19. The molecule has 5 nitrogen and oxygen atoms in total. The van der Waals surface area contributed by atoms with Gasteiger partial charge in [0.15, 0.2) is 5.78 Å². The van der Waals surface area contributed by atoms with Crippen molar-refractivity contribution in [3.05, 3.63) is 46.5 Å². The summed E-state index contributed by atoms with van der Waals surface area (Å²) >= 11 is 0. The predicted octanol–water partition coefficient (Wildman–Crippen LogP) is 2.84. The van der Waals surface area contributed by atoms with E-state index in [9.17, 15) is 4.79 Å². The molecule has 3 rings (SSSR count). The minimum atomic E-state index is 0.142. The topological polar surface area (TPSA) is 51.0 Å². The molecule has 1 aromatic carbocycles. The molecule has 128 valence electrons. The molecular formula is C19H26N4O.